The average molecular weight is 198 g/mol. The standard InChI is InChI=1S/C9H12ClNSi/c10-12-11-7-3-5-8-4-1-2-6-9(8)11/h1-2,6,8H,3-5,7H2. The summed E-state index contributed by atoms with van der Waals surface area (Å²) in [5, 5.41) is 0. The Morgan fingerprint density at radius 3 is 3.33 bits per heavy atom. The van der Waals surface area contributed by atoms with E-state index >= 15 is 0 Å². The van der Waals surface area contributed by atoms with Crippen LogP contribution in [0, 0.1) is 5.92 Å². The van der Waals surface area contributed by atoms with Crippen LogP contribution in [-0.4, -0.2) is 20.1 Å². The predicted molar refractivity (Wildman–Crippen MR) is 52.9 cm³/mol. The molecule has 1 unspecified atom stereocenters. The van der Waals surface area contributed by atoms with Gasteiger partial charge in [-0.05, 0) is 25.3 Å². The van der Waals surface area contributed by atoms with Crippen LogP contribution in [0.4, 0.5) is 0 Å². The largest absolute Gasteiger partial charge is 0.388 e. The van der Waals surface area contributed by atoms with Crippen molar-refractivity contribution in [2.24, 2.45) is 5.92 Å². The Labute approximate surface area is 80.7 Å². The van der Waals surface area contributed by atoms with E-state index in [1.165, 1.54) is 25.0 Å². The van der Waals surface area contributed by atoms with E-state index in [1.54, 1.807) is 0 Å². The number of nitrogens with zero attached hydrogens (tertiary/aromatic N) is 1. The lowest BCUT2D eigenvalue weighted by Gasteiger charge is -2.36. The minimum Gasteiger partial charge on any atom is -0.388 e. The summed E-state index contributed by atoms with van der Waals surface area (Å²) in [5.41, 5.74) is 1.47. The molecule has 2 rings (SSSR count). The number of allylic oxidation sites excluding steroid dienone is 4. The third-order valence-electron chi connectivity index (χ3n) is 2.59. The molecule has 1 saturated heterocycles. The molecular formula is C9H12ClNSi. The average Bonchev–Trinajstić information content (AvgIpc) is 2.17. The minimum atomic E-state index is 0.420. The maximum atomic E-state index is 5.89. The highest BCUT2D eigenvalue weighted by molar-refractivity contribution is 6.92. The van der Waals surface area contributed by atoms with Gasteiger partial charge in [0.1, 0.15) is 0 Å². The molecule has 1 aliphatic heterocycles. The maximum absolute atomic E-state index is 5.89. The lowest BCUT2D eigenvalue weighted by molar-refractivity contribution is 0.346. The minimum absolute atomic E-state index is 0.420. The fourth-order valence-electron chi connectivity index (χ4n) is 1.96. The van der Waals surface area contributed by atoms with Crippen LogP contribution in [0.25, 0.3) is 0 Å². The second kappa shape index (κ2) is 3.67. The molecule has 1 nitrogen and oxygen atoms in total. The zero-order valence-electron chi connectivity index (χ0n) is 6.96. The van der Waals surface area contributed by atoms with Gasteiger partial charge < -0.3 is 4.57 Å². The van der Waals surface area contributed by atoms with Crippen LogP contribution in [0.3, 0.4) is 0 Å². The normalized spacial score (nSPS) is 28.2. The van der Waals surface area contributed by atoms with Crippen molar-refractivity contribution < 1.29 is 0 Å². The molecule has 2 radical (unpaired) electrons. The van der Waals surface area contributed by atoms with Gasteiger partial charge in [-0.15, -0.1) is 11.1 Å². The first kappa shape index (κ1) is 8.39. The van der Waals surface area contributed by atoms with Crippen LogP contribution in [-0.2, 0) is 0 Å². The Morgan fingerprint density at radius 2 is 2.50 bits per heavy atom. The number of hydrogen-bond acceptors (Lipinski definition) is 1. The second-order valence-electron chi connectivity index (χ2n) is 3.33. The van der Waals surface area contributed by atoms with Gasteiger partial charge >= 0.3 is 8.99 Å². The molecule has 12 heavy (non-hydrogen) atoms. The summed E-state index contributed by atoms with van der Waals surface area (Å²) in [6, 6.07) is 0. The van der Waals surface area contributed by atoms with Gasteiger partial charge in [-0.2, -0.15) is 0 Å². The van der Waals surface area contributed by atoms with E-state index in [1.807, 2.05) is 0 Å². The molecule has 1 heterocycles. The first-order valence-corrected chi connectivity index (χ1v) is 6.38. The second-order valence-corrected chi connectivity index (χ2v) is 4.55. The zero-order chi connectivity index (χ0) is 8.39. The molecule has 1 fully saturated rings. The van der Waals surface area contributed by atoms with Crippen molar-refractivity contribution in [3.8, 4) is 0 Å². The molecule has 0 aromatic heterocycles. The molecule has 0 N–H and O–H groups in total. The van der Waals surface area contributed by atoms with Crippen molar-refractivity contribution in [3.63, 3.8) is 0 Å². The number of fused-ring (bicyclic) bond motifs is 1. The first-order chi connectivity index (χ1) is 5.92. The Balaban J connectivity index is 2.17. The van der Waals surface area contributed by atoms with Gasteiger partial charge in [0.15, 0.2) is 0 Å². The Kier molecular flexibility index (Phi) is 2.56. The number of halogens is 1. The predicted octanol–water partition coefficient (Wildman–Crippen LogP) is 2.32. The molecule has 0 aromatic rings. The fourth-order valence-corrected chi connectivity index (χ4v) is 3.10. The molecule has 0 spiro atoms. The third kappa shape index (κ3) is 1.46. The van der Waals surface area contributed by atoms with Crippen molar-refractivity contribution in [1.82, 2.24) is 4.57 Å². The van der Waals surface area contributed by atoms with Gasteiger partial charge in [-0.1, -0.05) is 12.2 Å². The molecule has 3 heteroatoms. The smallest absolute Gasteiger partial charge is 0.310 e. The van der Waals surface area contributed by atoms with Crippen LogP contribution in [0.5, 0.6) is 0 Å². The summed E-state index contributed by atoms with van der Waals surface area (Å²) in [6.45, 7) is 1.15. The van der Waals surface area contributed by atoms with E-state index in [4.69, 9.17) is 11.1 Å². The topological polar surface area (TPSA) is 3.24 Å². The van der Waals surface area contributed by atoms with E-state index in [2.05, 4.69) is 22.8 Å². The summed E-state index contributed by atoms with van der Waals surface area (Å²) in [4.78, 5) is 0. The van der Waals surface area contributed by atoms with Crippen LogP contribution in [0.2, 0.25) is 0 Å². The summed E-state index contributed by atoms with van der Waals surface area (Å²) >= 11 is 5.89. The molecule has 0 bridgehead atoms. The molecule has 64 valence electrons. The van der Waals surface area contributed by atoms with Crippen molar-refractivity contribution in [1.29, 1.82) is 0 Å². The SMILES string of the molecule is Cl[Si]N1CCCC2CC=CC=C21. The summed E-state index contributed by atoms with van der Waals surface area (Å²) in [6.07, 6.45) is 10.5. The van der Waals surface area contributed by atoms with Crippen molar-refractivity contribution in [2.75, 3.05) is 6.54 Å². The van der Waals surface area contributed by atoms with E-state index in [0.29, 0.717) is 8.99 Å². The Bertz CT molecular complexity index is 225. The van der Waals surface area contributed by atoms with Crippen molar-refractivity contribution >= 4 is 20.1 Å². The van der Waals surface area contributed by atoms with E-state index in [-0.39, 0.29) is 0 Å². The van der Waals surface area contributed by atoms with Gasteiger partial charge in [0.05, 0.1) is 0 Å². The van der Waals surface area contributed by atoms with Crippen LogP contribution in [0.1, 0.15) is 19.3 Å². The van der Waals surface area contributed by atoms with Gasteiger partial charge in [-0.25, -0.2) is 0 Å². The molecule has 1 aliphatic carbocycles. The van der Waals surface area contributed by atoms with E-state index in [0.717, 1.165) is 12.5 Å². The Morgan fingerprint density at radius 1 is 1.58 bits per heavy atom. The third-order valence-corrected chi connectivity index (χ3v) is 3.89. The van der Waals surface area contributed by atoms with Gasteiger partial charge in [0, 0.05) is 18.2 Å². The molecule has 0 saturated carbocycles. The molecule has 1 atom stereocenters. The van der Waals surface area contributed by atoms with Crippen molar-refractivity contribution in [3.05, 3.63) is 23.9 Å². The van der Waals surface area contributed by atoms with Gasteiger partial charge in [0.25, 0.3) is 0 Å². The molecule has 0 amide bonds. The van der Waals surface area contributed by atoms with Crippen LogP contribution < -0.4 is 0 Å². The zero-order valence-corrected chi connectivity index (χ0v) is 8.72. The fraction of sp³-hybridized carbons (Fsp3) is 0.556. The summed E-state index contributed by atoms with van der Waals surface area (Å²) in [5.74, 6) is 0.759. The number of rotatable bonds is 1. The van der Waals surface area contributed by atoms with Gasteiger partial charge in [-0.3, -0.25) is 0 Å². The summed E-state index contributed by atoms with van der Waals surface area (Å²) < 4.78 is 2.32. The maximum Gasteiger partial charge on any atom is 0.310 e. The lowest BCUT2D eigenvalue weighted by Crippen LogP contribution is -2.34. The number of piperidine rings is 1. The van der Waals surface area contributed by atoms with E-state index < -0.39 is 0 Å². The highest BCUT2D eigenvalue weighted by Crippen LogP contribution is 2.31. The monoisotopic (exact) mass is 197 g/mol. The summed E-state index contributed by atoms with van der Waals surface area (Å²) in [7, 11) is 0.420. The van der Waals surface area contributed by atoms with E-state index in [9.17, 15) is 0 Å². The Hall–Kier alpha value is -0.213. The number of hydrogen-bond donors (Lipinski definition) is 0. The van der Waals surface area contributed by atoms with Crippen LogP contribution >= 0.6 is 11.1 Å². The molecule has 0 aromatic carbocycles. The van der Waals surface area contributed by atoms with Crippen LogP contribution in [0.15, 0.2) is 23.9 Å². The van der Waals surface area contributed by atoms with Crippen molar-refractivity contribution in [2.45, 2.75) is 19.3 Å². The van der Waals surface area contributed by atoms with Gasteiger partial charge in [0.2, 0.25) is 0 Å². The lowest BCUT2D eigenvalue weighted by atomic mass is 9.89. The quantitative estimate of drug-likeness (QED) is 0.461. The molecule has 2 aliphatic rings. The molecular weight excluding hydrogens is 186 g/mol. The highest BCUT2D eigenvalue weighted by Gasteiger charge is 2.24. The highest BCUT2D eigenvalue weighted by atomic mass is 35.6. The first-order valence-electron chi connectivity index (χ1n) is 4.42.